The van der Waals surface area contributed by atoms with Crippen molar-refractivity contribution in [2.24, 2.45) is 0 Å². The first kappa shape index (κ1) is 60.7. The van der Waals surface area contributed by atoms with E-state index in [4.69, 9.17) is 0 Å². The van der Waals surface area contributed by atoms with Gasteiger partial charge in [-0.3, -0.25) is 0 Å². The van der Waals surface area contributed by atoms with Crippen molar-refractivity contribution in [2.75, 3.05) is 0 Å². The summed E-state index contributed by atoms with van der Waals surface area (Å²) in [4.78, 5) is 0. The van der Waals surface area contributed by atoms with Crippen molar-refractivity contribution in [1.82, 2.24) is 0 Å². The molecule has 0 unspecified atom stereocenters. The third kappa shape index (κ3) is 27.1. The van der Waals surface area contributed by atoms with Crippen LogP contribution in [0.3, 0.4) is 0 Å². The number of hydrogen-bond donors (Lipinski definition) is 0. The zero-order chi connectivity index (χ0) is 0. The van der Waals surface area contributed by atoms with Crippen molar-refractivity contribution in [1.29, 1.82) is 0 Å². The molecule has 0 atom stereocenters. The van der Waals surface area contributed by atoms with E-state index >= 15 is 0 Å². The van der Waals surface area contributed by atoms with E-state index in [1.165, 1.54) is 0 Å². The quantitative estimate of drug-likeness (QED) is 0.544. The molecule has 6 heteroatoms. The van der Waals surface area contributed by atoms with Crippen molar-refractivity contribution < 1.29 is 104 Å². The molecule has 0 aliphatic rings. The molecule has 0 spiro atoms. The van der Waals surface area contributed by atoms with Crippen molar-refractivity contribution in [3.63, 3.8) is 0 Å². The molecular formula is Ni5Ti. The van der Waals surface area contributed by atoms with Crippen LogP contribution in [0, 0.1) is 0 Å². The molecule has 0 aliphatic heterocycles. The fraction of sp³-hybridized carbons (Fsp3) is 0. The Labute approximate surface area is 103 Å². The molecule has 0 aromatic rings. The van der Waals surface area contributed by atoms with Gasteiger partial charge in [0.2, 0.25) is 0 Å². The van der Waals surface area contributed by atoms with Crippen LogP contribution in [0.25, 0.3) is 0 Å². The van der Waals surface area contributed by atoms with Crippen molar-refractivity contribution >= 4 is 0 Å². The summed E-state index contributed by atoms with van der Waals surface area (Å²) in [7, 11) is 0. The molecule has 0 nitrogen and oxygen atoms in total. The monoisotopic (exact) mass is 338 g/mol. The summed E-state index contributed by atoms with van der Waals surface area (Å²) < 4.78 is 0. The third-order valence-corrected chi connectivity index (χ3v) is 0. The van der Waals surface area contributed by atoms with Gasteiger partial charge >= 0.3 is 0 Å². The summed E-state index contributed by atoms with van der Waals surface area (Å²) >= 11 is 0. The first-order chi connectivity index (χ1) is 0. The summed E-state index contributed by atoms with van der Waals surface area (Å²) in [5.74, 6) is 0. The van der Waals surface area contributed by atoms with Gasteiger partial charge in [-0.25, -0.2) is 0 Å². The van der Waals surface area contributed by atoms with Crippen LogP contribution < -0.4 is 0 Å². The van der Waals surface area contributed by atoms with Crippen LogP contribution in [-0.2, 0) is 104 Å². The molecule has 0 amide bonds. The Morgan fingerprint density at radius 1 is 0.333 bits per heavy atom. The first-order valence-electron chi connectivity index (χ1n) is 0. The Morgan fingerprint density at radius 2 is 0.333 bits per heavy atom. The van der Waals surface area contributed by atoms with Crippen LogP contribution in [-0.4, -0.2) is 0 Å². The van der Waals surface area contributed by atoms with Gasteiger partial charge in [0.1, 0.15) is 0 Å². The summed E-state index contributed by atoms with van der Waals surface area (Å²) in [6.45, 7) is 0. The molecule has 0 radical (unpaired) electrons. The Hall–Kier alpha value is 3.18. The van der Waals surface area contributed by atoms with Crippen molar-refractivity contribution in [3.8, 4) is 0 Å². The van der Waals surface area contributed by atoms with Gasteiger partial charge in [-0.05, 0) is 0 Å². The Bertz CT molecular complexity index is 3.90. The van der Waals surface area contributed by atoms with Crippen molar-refractivity contribution in [3.05, 3.63) is 0 Å². The van der Waals surface area contributed by atoms with Crippen LogP contribution in [0.5, 0.6) is 0 Å². The van der Waals surface area contributed by atoms with Gasteiger partial charge in [-0.15, -0.1) is 0 Å². The normalized spacial score (nSPS) is 0. The maximum absolute atomic E-state index is 0. The Kier molecular flexibility index (Phi) is 422. The molecule has 0 bridgehead atoms. The largest absolute Gasteiger partial charge is 0 e. The maximum atomic E-state index is 0. The van der Waals surface area contributed by atoms with Crippen LogP contribution in [0.2, 0.25) is 0 Å². The standard InChI is InChI=1S/5Ni.Ti. The number of rotatable bonds is 0. The zero-order valence-electron chi connectivity index (χ0n) is 2.08. The Morgan fingerprint density at radius 3 is 0.333 bits per heavy atom. The fourth-order valence-corrected chi connectivity index (χ4v) is 0. The minimum atomic E-state index is 0. The molecule has 54 valence electrons. The van der Waals surface area contributed by atoms with Crippen LogP contribution >= 0.6 is 0 Å². The van der Waals surface area contributed by atoms with Crippen LogP contribution in [0.15, 0.2) is 0 Å². The predicted molar refractivity (Wildman–Crippen MR) is 0 cm³/mol. The molecule has 0 saturated carbocycles. The topological polar surface area (TPSA) is 0 Å². The summed E-state index contributed by atoms with van der Waals surface area (Å²) in [6, 6.07) is 0. The predicted octanol–water partition coefficient (Wildman–Crippen LogP) is -0.0150. The fourth-order valence-electron chi connectivity index (χ4n) is 0. The Balaban J connectivity index is 0. The minimum absolute atomic E-state index is 0. The van der Waals surface area contributed by atoms with Gasteiger partial charge in [-0.1, -0.05) is 0 Å². The molecule has 0 rings (SSSR count). The summed E-state index contributed by atoms with van der Waals surface area (Å²) in [6.07, 6.45) is 0. The van der Waals surface area contributed by atoms with Gasteiger partial charge in [0, 0.05) is 104 Å². The molecule has 6 heavy (non-hydrogen) atoms. The summed E-state index contributed by atoms with van der Waals surface area (Å²) in [5, 5.41) is 0. The van der Waals surface area contributed by atoms with E-state index in [1.54, 1.807) is 0 Å². The molecule has 0 aromatic heterocycles. The van der Waals surface area contributed by atoms with E-state index in [1.807, 2.05) is 0 Å². The molecule has 0 saturated heterocycles. The van der Waals surface area contributed by atoms with E-state index in [-0.39, 0.29) is 104 Å². The second-order valence-corrected chi connectivity index (χ2v) is 0. The van der Waals surface area contributed by atoms with Gasteiger partial charge in [-0.2, -0.15) is 0 Å². The van der Waals surface area contributed by atoms with Gasteiger partial charge in [0.05, 0.1) is 0 Å². The van der Waals surface area contributed by atoms with Gasteiger partial charge in [0.25, 0.3) is 0 Å². The second kappa shape index (κ2) is 41.7. The van der Waals surface area contributed by atoms with Crippen LogP contribution in [0.4, 0.5) is 0 Å². The molecule has 0 fully saturated rings. The smallest absolute Gasteiger partial charge is 0 e. The molecule has 0 heterocycles. The van der Waals surface area contributed by atoms with E-state index in [9.17, 15) is 0 Å². The molecule has 0 aliphatic carbocycles. The minimum Gasteiger partial charge on any atom is 0 e. The van der Waals surface area contributed by atoms with Crippen molar-refractivity contribution in [2.45, 2.75) is 0 Å². The van der Waals surface area contributed by atoms with Gasteiger partial charge < -0.3 is 0 Å². The van der Waals surface area contributed by atoms with E-state index in [2.05, 4.69) is 0 Å². The van der Waals surface area contributed by atoms with Crippen LogP contribution in [0.1, 0.15) is 0 Å². The SMILES string of the molecule is [Ni].[Ni].[Ni].[Ni].[Ni].[Ti]. The van der Waals surface area contributed by atoms with Gasteiger partial charge in [0.15, 0.2) is 0 Å². The second-order valence-electron chi connectivity index (χ2n) is 0. The zero-order valence-corrected chi connectivity index (χ0v) is 8.58. The average Bonchev–Trinajstić information content (AvgIpc) is 0. The third-order valence-electron chi connectivity index (χ3n) is 0. The molecule has 0 N–H and O–H groups in total. The van der Waals surface area contributed by atoms with E-state index in [0.29, 0.717) is 0 Å². The first-order valence-corrected chi connectivity index (χ1v) is 0. The molecular weight excluding hydrogens is 341 g/mol. The van der Waals surface area contributed by atoms with E-state index < -0.39 is 0 Å². The maximum Gasteiger partial charge on any atom is 0 e. The average molecular weight is 341 g/mol. The number of hydrogen-bond acceptors (Lipinski definition) is 0. The molecule has 0 aromatic carbocycles. The van der Waals surface area contributed by atoms with E-state index in [0.717, 1.165) is 0 Å². The summed E-state index contributed by atoms with van der Waals surface area (Å²) in [5.41, 5.74) is 0.